The Bertz CT molecular complexity index is 2130. The van der Waals surface area contributed by atoms with Gasteiger partial charge < -0.3 is 16.2 Å². The van der Waals surface area contributed by atoms with Crippen LogP contribution >= 0.6 is 11.6 Å². The van der Waals surface area contributed by atoms with E-state index < -0.39 is 82.5 Å². The number of aliphatic hydroxyl groups is 1. The van der Waals surface area contributed by atoms with Crippen molar-refractivity contribution in [3.05, 3.63) is 105 Å². The van der Waals surface area contributed by atoms with E-state index in [4.69, 9.17) is 17.3 Å². The van der Waals surface area contributed by atoms with Crippen LogP contribution in [0.3, 0.4) is 0 Å². The predicted molar refractivity (Wildman–Crippen MR) is 169 cm³/mol. The lowest BCUT2D eigenvalue weighted by atomic mass is 9.94. The number of hydrogen-bond acceptors (Lipinski definition) is 5. The van der Waals surface area contributed by atoms with Crippen LogP contribution in [-0.2, 0) is 29.9 Å². The van der Waals surface area contributed by atoms with Gasteiger partial charge in [-0.3, -0.25) is 14.3 Å². The zero-order chi connectivity index (χ0) is 37.2. The Morgan fingerprint density at radius 3 is 2.43 bits per heavy atom. The molecule has 2 aromatic carbocycles. The molecule has 0 bridgehead atoms. The van der Waals surface area contributed by atoms with Gasteiger partial charge in [-0.15, -0.1) is 0 Å². The summed E-state index contributed by atoms with van der Waals surface area (Å²) in [6.45, 7) is 1.76. The number of carbonyl (C=O) groups excluding carboxylic acids is 2. The smallest absolute Gasteiger partial charge is 0.378 e. The van der Waals surface area contributed by atoms with Gasteiger partial charge in [-0.1, -0.05) is 23.6 Å². The van der Waals surface area contributed by atoms with Crippen LogP contribution in [0.5, 0.6) is 0 Å². The number of benzene rings is 2. The maximum absolute atomic E-state index is 15.2. The number of carbonyl (C=O) groups is 2. The molecule has 8 nitrogen and oxygen atoms in total. The number of nitrogens with zero attached hydrogens (tertiary/aromatic N) is 3. The minimum atomic E-state index is -5.06. The molecule has 6 rings (SSSR count). The van der Waals surface area contributed by atoms with Gasteiger partial charge in [-0.25, -0.2) is 13.8 Å². The fourth-order valence-corrected chi connectivity index (χ4v) is 6.51. The second-order valence-corrected chi connectivity index (χ2v) is 13.3. The molecule has 1 fully saturated rings. The van der Waals surface area contributed by atoms with E-state index in [2.05, 4.69) is 27.2 Å². The number of hydrogen-bond donors (Lipinski definition) is 3. The van der Waals surface area contributed by atoms with Crippen molar-refractivity contribution in [2.45, 2.75) is 62.9 Å². The number of pyridine rings is 1. The SMILES string of the molecule is CC(C)(O)C#Cc1ccc(-c2ccc(Cl)c(C(N)=O)c2)c(C(Cc2cc(F)cc(F)c2)NC(=O)Cn2nc(C(F)(F)F)c3c2C(F)(F)C2CC32)n1. The number of fused-ring (bicyclic) bond motifs is 3. The molecule has 1 saturated carbocycles. The maximum atomic E-state index is 15.2. The fourth-order valence-electron chi connectivity index (χ4n) is 6.30. The van der Waals surface area contributed by atoms with Gasteiger partial charge in [0.15, 0.2) is 5.69 Å². The quantitative estimate of drug-likeness (QED) is 0.142. The molecule has 2 heterocycles. The summed E-state index contributed by atoms with van der Waals surface area (Å²) >= 11 is 6.16. The van der Waals surface area contributed by atoms with Gasteiger partial charge in [-0.2, -0.15) is 27.1 Å². The first kappa shape index (κ1) is 35.9. The summed E-state index contributed by atoms with van der Waals surface area (Å²) < 4.78 is 101. The Balaban J connectivity index is 1.46. The molecule has 0 spiro atoms. The molecule has 51 heavy (non-hydrogen) atoms. The molecule has 16 heteroatoms. The summed E-state index contributed by atoms with van der Waals surface area (Å²) in [5, 5.41) is 16.2. The third-order valence-electron chi connectivity index (χ3n) is 8.49. The second-order valence-electron chi connectivity index (χ2n) is 12.9. The van der Waals surface area contributed by atoms with E-state index in [0.29, 0.717) is 16.3 Å². The van der Waals surface area contributed by atoms with Crippen LogP contribution in [0.2, 0.25) is 5.02 Å². The number of halogens is 8. The number of amides is 2. The number of nitrogens with one attached hydrogen (secondary N) is 1. The average Bonchev–Trinajstić information content (AvgIpc) is 3.67. The summed E-state index contributed by atoms with van der Waals surface area (Å²) in [5.41, 5.74) is 1.43. The van der Waals surface area contributed by atoms with E-state index in [1.807, 2.05) is 0 Å². The summed E-state index contributed by atoms with van der Waals surface area (Å²) in [6, 6.07) is 8.41. The maximum Gasteiger partial charge on any atom is 0.435 e. The summed E-state index contributed by atoms with van der Waals surface area (Å²) in [7, 11) is 0. The molecular formula is C35H27ClF7N5O3. The first-order chi connectivity index (χ1) is 23.7. The van der Waals surface area contributed by atoms with E-state index in [1.54, 1.807) is 0 Å². The fraction of sp³-hybridized carbons (Fsp3) is 0.314. The topological polar surface area (TPSA) is 123 Å². The monoisotopic (exact) mass is 733 g/mol. The first-order valence-electron chi connectivity index (χ1n) is 15.4. The lowest BCUT2D eigenvalue weighted by Crippen LogP contribution is -2.35. The molecule has 0 radical (unpaired) electrons. The van der Waals surface area contributed by atoms with Gasteiger partial charge in [0.2, 0.25) is 11.8 Å². The molecule has 2 aliphatic rings. The Hall–Kier alpha value is -4.94. The van der Waals surface area contributed by atoms with Crippen molar-refractivity contribution in [1.29, 1.82) is 0 Å². The third kappa shape index (κ3) is 7.29. The third-order valence-corrected chi connectivity index (χ3v) is 8.81. The summed E-state index contributed by atoms with van der Waals surface area (Å²) in [6.07, 6.45) is -5.57. The molecule has 0 saturated heterocycles. The molecule has 3 atom stereocenters. The molecule has 2 amide bonds. The molecule has 4 N–H and O–H groups in total. The Labute approximate surface area is 290 Å². The number of aromatic nitrogens is 3. The van der Waals surface area contributed by atoms with Crippen LogP contribution in [0.1, 0.15) is 76.5 Å². The lowest BCUT2D eigenvalue weighted by Gasteiger charge is -2.23. The predicted octanol–water partition coefficient (Wildman–Crippen LogP) is 6.43. The molecular weight excluding hydrogens is 707 g/mol. The van der Waals surface area contributed by atoms with Crippen LogP contribution in [0.4, 0.5) is 30.7 Å². The van der Waals surface area contributed by atoms with Crippen LogP contribution in [0.15, 0.2) is 48.5 Å². The van der Waals surface area contributed by atoms with Gasteiger partial charge in [0, 0.05) is 23.1 Å². The van der Waals surface area contributed by atoms with Crippen LogP contribution in [0, 0.1) is 29.4 Å². The Morgan fingerprint density at radius 2 is 1.80 bits per heavy atom. The minimum Gasteiger partial charge on any atom is -0.378 e. The van der Waals surface area contributed by atoms with Crippen molar-refractivity contribution < 1.29 is 45.4 Å². The zero-order valence-corrected chi connectivity index (χ0v) is 27.4. The standard InChI is InChI=1S/C35H27ClF7N5O3/c1-33(2,51)8-7-20-4-5-21(17-3-6-25(36)23(12-17)32(44)50)29(45-20)26(11-16-9-18(37)13-19(38)10-16)46-27(49)15-48-31-28(30(47-48)35(41,42)43)22-14-24(22)34(31,39)40/h3-6,9-10,12-13,22,24,26,51H,11,14-15H2,1-2H3,(H2,44,50)(H,46,49). The van der Waals surface area contributed by atoms with Crippen molar-refractivity contribution in [1.82, 2.24) is 20.1 Å². The molecule has 2 aliphatic carbocycles. The van der Waals surface area contributed by atoms with Crippen molar-refractivity contribution in [2.75, 3.05) is 0 Å². The number of primary amides is 1. The van der Waals surface area contributed by atoms with E-state index in [0.717, 1.165) is 12.1 Å². The highest BCUT2D eigenvalue weighted by atomic mass is 35.5. The lowest BCUT2D eigenvalue weighted by molar-refractivity contribution is -0.142. The highest BCUT2D eigenvalue weighted by Crippen LogP contribution is 2.68. The molecule has 0 aliphatic heterocycles. The van der Waals surface area contributed by atoms with Crippen LogP contribution in [0.25, 0.3) is 11.1 Å². The number of nitrogens with two attached hydrogens (primary N) is 1. The van der Waals surface area contributed by atoms with Crippen molar-refractivity contribution in [3.63, 3.8) is 0 Å². The average molecular weight is 734 g/mol. The minimum absolute atomic E-state index is 0.0124. The van der Waals surface area contributed by atoms with Crippen molar-refractivity contribution in [3.8, 4) is 23.0 Å². The number of rotatable bonds is 8. The van der Waals surface area contributed by atoms with Gasteiger partial charge in [0.05, 0.1) is 22.3 Å². The first-order valence-corrected chi connectivity index (χ1v) is 15.8. The molecule has 266 valence electrons. The van der Waals surface area contributed by atoms with Crippen molar-refractivity contribution in [2.24, 2.45) is 11.7 Å². The highest BCUT2D eigenvalue weighted by Gasteiger charge is 2.68. The van der Waals surface area contributed by atoms with E-state index in [1.165, 1.54) is 44.2 Å². The highest BCUT2D eigenvalue weighted by molar-refractivity contribution is 6.33. The Kier molecular flexibility index (Phi) is 8.92. The van der Waals surface area contributed by atoms with E-state index >= 15 is 8.78 Å². The largest absolute Gasteiger partial charge is 0.435 e. The number of alkyl halides is 5. The summed E-state index contributed by atoms with van der Waals surface area (Å²) in [5.74, 6) is -4.61. The van der Waals surface area contributed by atoms with Gasteiger partial charge in [0.1, 0.15) is 35.2 Å². The second kappa shape index (κ2) is 12.7. The molecule has 4 aromatic rings. The molecule has 3 unspecified atom stereocenters. The van der Waals surface area contributed by atoms with Crippen LogP contribution in [-0.4, -0.2) is 37.3 Å². The normalized spacial score (nSPS) is 17.9. The zero-order valence-electron chi connectivity index (χ0n) is 26.7. The van der Waals surface area contributed by atoms with Gasteiger partial charge in [0.25, 0.3) is 5.92 Å². The van der Waals surface area contributed by atoms with Gasteiger partial charge >= 0.3 is 6.18 Å². The molecule has 2 aromatic heterocycles. The van der Waals surface area contributed by atoms with Crippen LogP contribution < -0.4 is 11.1 Å². The van der Waals surface area contributed by atoms with Crippen molar-refractivity contribution >= 4 is 23.4 Å². The van der Waals surface area contributed by atoms with E-state index in [9.17, 15) is 36.6 Å². The van der Waals surface area contributed by atoms with Gasteiger partial charge in [-0.05, 0) is 86.1 Å². The Morgan fingerprint density at radius 1 is 1.12 bits per heavy atom. The van der Waals surface area contributed by atoms with E-state index in [-0.39, 0.29) is 45.9 Å². The summed E-state index contributed by atoms with van der Waals surface area (Å²) in [4.78, 5) is 30.3.